The van der Waals surface area contributed by atoms with Gasteiger partial charge in [-0.25, -0.2) is 8.78 Å². The van der Waals surface area contributed by atoms with Crippen LogP contribution in [0.3, 0.4) is 0 Å². The van der Waals surface area contributed by atoms with E-state index in [1.807, 2.05) is 0 Å². The molecule has 1 rings (SSSR count). The Bertz CT molecular complexity index is 416. The molecule has 0 fully saturated rings. The van der Waals surface area contributed by atoms with E-state index in [9.17, 15) is 18.4 Å². The Kier molecular flexibility index (Phi) is 4.10. The van der Waals surface area contributed by atoms with Gasteiger partial charge < -0.3 is 4.74 Å². The zero-order chi connectivity index (χ0) is 12.1. The van der Waals surface area contributed by atoms with Crippen LogP contribution in [-0.4, -0.2) is 18.4 Å². The molecule has 0 unspecified atom stereocenters. The predicted octanol–water partition coefficient (Wildman–Crippen LogP) is 2.10. The summed E-state index contributed by atoms with van der Waals surface area (Å²) in [7, 11) is 0. The fraction of sp³-hybridized carbons (Fsp3) is 0.273. The lowest BCUT2D eigenvalue weighted by Gasteiger charge is -2.02. The molecule has 0 atom stereocenters. The average Bonchev–Trinajstić information content (AvgIpc) is 2.21. The molecule has 0 bridgehead atoms. The van der Waals surface area contributed by atoms with Crippen LogP contribution >= 0.6 is 0 Å². The summed E-state index contributed by atoms with van der Waals surface area (Å²) in [4.78, 5) is 22.4. The number of halogens is 2. The summed E-state index contributed by atoms with van der Waals surface area (Å²) < 4.78 is 30.4. The van der Waals surface area contributed by atoms with Gasteiger partial charge in [0.15, 0.2) is 5.78 Å². The molecule has 86 valence electrons. The van der Waals surface area contributed by atoms with Gasteiger partial charge in [0.1, 0.15) is 18.1 Å². The summed E-state index contributed by atoms with van der Waals surface area (Å²) >= 11 is 0. The molecule has 5 heteroatoms. The van der Waals surface area contributed by atoms with Crippen LogP contribution in [0, 0.1) is 11.6 Å². The van der Waals surface area contributed by atoms with Gasteiger partial charge in [0.25, 0.3) is 0 Å². The van der Waals surface area contributed by atoms with Gasteiger partial charge in [0.05, 0.1) is 12.2 Å². The number of hydrogen-bond acceptors (Lipinski definition) is 3. The number of esters is 1. The van der Waals surface area contributed by atoms with Crippen molar-refractivity contribution in [1.82, 2.24) is 0 Å². The van der Waals surface area contributed by atoms with E-state index >= 15 is 0 Å². The van der Waals surface area contributed by atoms with Gasteiger partial charge >= 0.3 is 5.97 Å². The van der Waals surface area contributed by atoms with Crippen LogP contribution in [-0.2, 0) is 9.53 Å². The molecule has 3 nitrogen and oxygen atoms in total. The number of ether oxygens (including phenoxy) is 1. The highest BCUT2D eigenvalue weighted by Crippen LogP contribution is 2.12. The highest BCUT2D eigenvalue weighted by molar-refractivity contribution is 6.06. The van der Waals surface area contributed by atoms with Crippen molar-refractivity contribution >= 4 is 11.8 Å². The van der Waals surface area contributed by atoms with Gasteiger partial charge in [0.2, 0.25) is 0 Å². The van der Waals surface area contributed by atoms with Crippen LogP contribution < -0.4 is 0 Å². The number of ketones is 1. The van der Waals surface area contributed by atoms with E-state index in [4.69, 9.17) is 0 Å². The normalized spacial score (nSPS) is 9.94. The minimum atomic E-state index is -0.851. The first-order valence-electron chi connectivity index (χ1n) is 4.68. The minimum Gasteiger partial charge on any atom is -0.466 e. The lowest BCUT2D eigenvalue weighted by molar-refractivity contribution is -0.141. The van der Waals surface area contributed by atoms with Crippen molar-refractivity contribution in [3.05, 3.63) is 35.4 Å². The predicted molar refractivity (Wildman–Crippen MR) is 51.9 cm³/mol. The van der Waals surface area contributed by atoms with Crippen molar-refractivity contribution in [2.45, 2.75) is 13.3 Å². The van der Waals surface area contributed by atoms with Crippen molar-refractivity contribution in [2.75, 3.05) is 6.61 Å². The Morgan fingerprint density at radius 1 is 1.31 bits per heavy atom. The van der Waals surface area contributed by atoms with E-state index in [-0.39, 0.29) is 6.61 Å². The molecule has 0 heterocycles. The third kappa shape index (κ3) is 3.12. The molecule has 0 radical (unpaired) electrons. The summed E-state index contributed by atoms with van der Waals surface area (Å²) in [6.45, 7) is 1.73. The van der Waals surface area contributed by atoms with Crippen LogP contribution in [0.25, 0.3) is 0 Å². The Balaban J connectivity index is 2.80. The quantitative estimate of drug-likeness (QED) is 0.450. The summed E-state index contributed by atoms with van der Waals surface area (Å²) in [5.41, 5.74) is -0.437. The molecule has 0 amide bonds. The van der Waals surface area contributed by atoms with Crippen molar-refractivity contribution < 1.29 is 23.1 Å². The van der Waals surface area contributed by atoms with Crippen LogP contribution in [0.5, 0.6) is 0 Å². The van der Waals surface area contributed by atoms with E-state index in [1.54, 1.807) is 6.92 Å². The number of Topliss-reactive ketones (excluding diaryl/α,β-unsaturated/α-hetero) is 1. The van der Waals surface area contributed by atoms with Crippen molar-refractivity contribution in [3.63, 3.8) is 0 Å². The molecule has 1 aromatic carbocycles. The van der Waals surface area contributed by atoms with Crippen LogP contribution in [0.15, 0.2) is 18.2 Å². The zero-order valence-corrected chi connectivity index (χ0v) is 8.63. The molecular weight excluding hydrogens is 218 g/mol. The van der Waals surface area contributed by atoms with Crippen LogP contribution in [0.4, 0.5) is 8.78 Å². The monoisotopic (exact) mass is 228 g/mol. The van der Waals surface area contributed by atoms with Gasteiger partial charge in [-0.2, -0.15) is 0 Å². The summed E-state index contributed by atoms with van der Waals surface area (Å²) in [5, 5.41) is 0. The van der Waals surface area contributed by atoms with E-state index in [1.165, 1.54) is 0 Å². The number of benzene rings is 1. The lowest BCUT2D eigenvalue weighted by Crippen LogP contribution is -2.12. The SMILES string of the molecule is CCOC(=O)CC(=O)c1cc(F)ccc1F. The van der Waals surface area contributed by atoms with Crippen molar-refractivity contribution in [3.8, 4) is 0 Å². The fourth-order valence-electron chi connectivity index (χ4n) is 1.15. The molecule has 0 aliphatic rings. The number of hydrogen-bond donors (Lipinski definition) is 0. The summed E-state index contributed by atoms with van der Waals surface area (Å²) in [6.07, 6.45) is -0.589. The fourth-order valence-corrected chi connectivity index (χ4v) is 1.15. The second-order valence-electron chi connectivity index (χ2n) is 3.03. The number of rotatable bonds is 4. The Hall–Kier alpha value is -1.78. The Morgan fingerprint density at radius 3 is 2.62 bits per heavy atom. The first-order chi connectivity index (χ1) is 7.54. The third-order valence-corrected chi connectivity index (χ3v) is 1.84. The maximum atomic E-state index is 13.1. The van der Waals surface area contributed by atoms with Gasteiger partial charge in [0, 0.05) is 0 Å². The van der Waals surface area contributed by atoms with Crippen molar-refractivity contribution in [1.29, 1.82) is 0 Å². The lowest BCUT2D eigenvalue weighted by atomic mass is 10.1. The second kappa shape index (κ2) is 5.34. The molecule has 0 aliphatic carbocycles. The average molecular weight is 228 g/mol. The van der Waals surface area contributed by atoms with Gasteiger partial charge in [-0.15, -0.1) is 0 Å². The van der Waals surface area contributed by atoms with E-state index < -0.39 is 35.4 Å². The van der Waals surface area contributed by atoms with Crippen molar-refractivity contribution in [2.24, 2.45) is 0 Å². The topological polar surface area (TPSA) is 43.4 Å². The smallest absolute Gasteiger partial charge is 0.313 e. The standard InChI is InChI=1S/C11H10F2O3/c1-2-16-11(15)6-10(14)8-5-7(12)3-4-9(8)13/h3-5H,2,6H2,1H3. The molecule has 0 spiro atoms. The Morgan fingerprint density at radius 2 is 2.00 bits per heavy atom. The number of carbonyl (C=O) groups excluding carboxylic acids is 2. The van der Waals surface area contributed by atoms with Crippen LogP contribution in [0.1, 0.15) is 23.7 Å². The minimum absolute atomic E-state index is 0.137. The van der Waals surface area contributed by atoms with Gasteiger partial charge in [-0.1, -0.05) is 0 Å². The molecule has 0 aromatic heterocycles. The summed E-state index contributed by atoms with van der Waals surface area (Å²) in [6, 6.07) is 2.50. The molecule has 0 saturated carbocycles. The summed E-state index contributed by atoms with van der Waals surface area (Å²) in [5.74, 6) is -3.13. The first kappa shape index (κ1) is 12.3. The molecular formula is C11H10F2O3. The first-order valence-corrected chi connectivity index (χ1v) is 4.68. The molecule has 16 heavy (non-hydrogen) atoms. The zero-order valence-electron chi connectivity index (χ0n) is 8.63. The van der Waals surface area contributed by atoms with E-state index in [2.05, 4.69) is 4.74 Å². The Labute approximate surface area is 91.0 Å². The van der Waals surface area contributed by atoms with E-state index in [0.29, 0.717) is 0 Å². The molecule has 1 aromatic rings. The van der Waals surface area contributed by atoms with Crippen LogP contribution in [0.2, 0.25) is 0 Å². The maximum absolute atomic E-state index is 13.1. The highest BCUT2D eigenvalue weighted by atomic mass is 19.1. The molecule has 0 saturated heterocycles. The largest absolute Gasteiger partial charge is 0.466 e. The maximum Gasteiger partial charge on any atom is 0.313 e. The third-order valence-electron chi connectivity index (χ3n) is 1.84. The highest BCUT2D eigenvalue weighted by Gasteiger charge is 2.16. The molecule has 0 aliphatic heterocycles. The van der Waals surface area contributed by atoms with Gasteiger partial charge in [-0.05, 0) is 25.1 Å². The van der Waals surface area contributed by atoms with Gasteiger partial charge in [-0.3, -0.25) is 9.59 Å². The van der Waals surface area contributed by atoms with E-state index in [0.717, 1.165) is 18.2 Å². The second-order valence-corrected chi connectivity index (χ2v) is 3.03. The molecule has 0 N–H and O–H groups in total. The number of carbonyl (C=O) groups is 2.